The molecule has 1 heterocycles. The van der Waals surface area contributed by atoms with Crippen molar-refractivity contribution >= 4 is 17.7 Å². The average molecular weight is 244 g/mol. The first-order valence-electron chi connectivity index (χ1n) is 5.42. The lowest BCUT2D eigenvalue weighted by molar-refractivity contribution is -0.170. The van der Waals surface area contributed by atoms with E-state index in [-0.39, 0.29) is 5.92 Å². The Morgan fingerprint density at radius 2 is 1.82 bits per heavy atom. The third-order valence-corrected chi connectivity index (χ3v) is 2.58. The summed E-state index contributed by atoms with van der Waals surface area (Å²) in [7, 11) is 1.15. The van der Waals surface area contributed by atoms with Gasteiger partial charge in [0.2, 0.25) is 0 Å². The molecule has 6 heteroatoms. The van der Waals surface area contributed by atoms with Gasteiger partial charge >= 0.3 is 11.9 Å². The predicted molar refractivity (Wildman–Crippen MR) is 56.1 cm³/mol. The van der Waals surface area contributed by atoms with Crippen molar-refractivity contribution in [3.8, 4) is 0 Å². The minimum Gasteiger partial charge on any atom is -0.466 e. The van der Waals surface area contributed by atoms with Gasteiger partial charge in [-0.3, -0.25) is 9.59 Å². The molecule has 17 heavy (non-hydrogen) atoms. The molecule has 1 unspecified atom stereocenters. The van der Waals surface area contributed by atoms with E-state index in [9.17, 15) is 14.4 Å². The van der Waals surface area contributed by atoms with E-state index in [0.29, 0.717) is 26.1 Å². The Morgan fingerprint density at radius 3 is 2.29 bits per heavy atom. The Balaban J connectivity index is 2.70. The Bertz CT molecular complexity index is 305. The minimum absolute atomic E-state index is 0.313. The number of Topliss-reactive ketones (excluding diaryl/α,β-unsaturated/α-hetero) is 1. The number of ketones is 1. The van der Waals surface area contributed by atoms with Gasteiger partial charge in [0.15, 0.2) is 5.78 Å². The molecule has 1 saturated heterocycles. The van der Waals surface area contributed by atoms with Gasteiger partial charge in [-0.25, -0.2) is 4.79 Å². The van der Waals surface area contributed by atoms with Crippen LogP contribution >= 0.6 is 0 Å². The molecular formula is C11H16O6. The smallest absolute Gasteiger partial charge is 0.355 e. The first-order chi connectivity index (χ1) is 8.06. The number of esters is 2. The van der Waals surface area contributed by atoms with Crippen LogP contribution in [0.1, 0.15) is 19.8 Å². The highest BCUT2D eigenvalue weighted by Crippen LogP contribution is 2.19. The van der Waals surface area contributed by atoms with E-state index in [0.717, 1.165) is 14.0 Å². The lowest BCUT2D eigenvalue weighted by Gasteiger charge is -2.23. The van der Waals surface area contributed by atoms with Crippen molar-refractivity contribution in [2.75, 3.05) is 20.3 Å². The Hall–Kier alpha value is -1.43. The summed E-state index contributed by atoms with van der Waals surface area (Å²) in [6.07, 6.45) is -0.373. The van der Waals surface area contributed by atoms with Crippen LogP contribution in [0.15, 0.2) is 0 Å². The topological polar surface area (TPSA) is 78.9 Å². The van der Waals surface area contributed by atoms with Crippen molar-refractivity contribution in [3.05, 3.63) is 0 Å². The predicted octanol–water partition coefficient (Wildman–Crippen LogP) is 0.0868. The van der Waals surface area contributed by atoms with E-state index in [1.54, 1.807) is 0 Å². The van der Waals surface area contributed by atoms with Gasteiger partial charge in [-0.1, -0.05) is 0 Å². The van der Waals surface area contributed by atoms with Crippen LogP contribution in [0.5, 0.6) is 0 Å². The molecule has 0 amide bonds. The largest absolute Gasteiger partial charge is 0.466 e. The molecule has 0 bridgehead atoms. The van der Waals surface area contributed by atoms with E-state index in [1.165, 1.54) is 0 Å². The number of rotatable bonds is 4. The third-order valence-electron chi connectivity index (χ3n) is 2.58. The van der Waals surface area contributed by atoms with Crippen LogP contribution in [0.2, 0.25) is 0 Å². The van der Waals surface area contributed by atoms with Crippen molar-refractivity contribution in [1.82, 2.24) is 0 Å². The molecule has 0 aliphatic carbocycles. The van der Waals surface area contributed by atoms with Gasteiger partial charge in [0.05, 0.1) is 7.11 Å². The quantitative estimate of drug-likeness (QED) is 0.515. The zero-order valence-electron chi connectivity index (χ0n) is 9.93. The highest BCUT2D eigenvalue weighted by atomic mass is 16.6. The fraction of sp³-hybridized carbons (Fsp3) is 0.727. The van der Waals surface area contributed by atoms with E-state index in [2.05, 4.69) is 4.74 Å². The van der Waals surface area contributed by atoms with Crippen molar-refractivity contribution in [1.29, 1.82) is 0 Å². The van der Waals surface area contributed by atoms with Crippen LogP contribution in [0.25, 0.3) is 0 Å². The molecule has 1 fully saturated rings. The van der Waals surface area contributed by atoms with E-state index in [4.69, 9.17) is 9.47 Å². The SMILES string of the molecule is COC(=O)C(OC(C)=O)C(=O)C1CCOCC1. The maximum atomic E-state index is 12.0. The summed E-state index contributed by atoms with van der Waals surface area (Å²) in [5, 5.41) is 0. The maximum absolute atomic E-state index is 12.0. The molecule has 0 spiro atoms. The number of hydrogen-bond acceptors (Lipinski definition) is 6. The summed E-state index contributed by atoms with van der Waals surface area (Å²) in [5.41, 5.74) is 0. The van der Waals surface area contributed by atoms with Crippen molar-refractivity contribution in [2.24, 2.45) is 5.92 Å². The van der Waals surface area contributed by atoms with Gasteiger partial charge in [0, 0.05) is 26.1 Å². The molecule has 0 aromatic rings. The van der Waals surface area contributed by atoms with Crippen LogP contribution in [-0.4, -0.2) is 44.1 Å². The van der Waals surface area contributed by atoms with Gasteiger partial charge in [-0.05, 0) is 12.8 Å². The monoisotopic (exact) mass is 244 g/mol. The number of hydrogen-bond donors (Lipinski definition) is 0. The molecule has 1 rings (SSSR count). The lowest BCUT2D eigenvalue weighted by atomic mass is 9.92. The second-order valence-corrected chi connectivity index (χ2v) is 3.80. The summed E-state index contributed by atoms with van der Waals surface area (Å²) in [4.78, 5) is 34.2. The number of carbonyl (C=O) groups excluding carboxylic acids is 3. The molecule has 0 aromatic carbocycles. The first kappa shape index (κ1) is 13.6. The zero-order valence-corrected chi connectivity index (χ0v) is 9.93. The zero-order chi connectivity index (χ0) is 12.8. The van der Waals surface area contributed by atoms with Crippen LogP contribution < -0.4 is 0 Å². The van der Waals surface area contributed by atoms with Gasteiger partial charge in [0.1, 0.15) is 0 Å². The van der Waals surface area contributed by atoms with Gasteiger partial charge in [0.25, 0.3) is 6.10 Å². The standard InChI is InChI=1S/C11H16O6/c1-7(12)17-10(11(14)15-2)9(13)8-3-5-16-6-4-8/h8,10H,3-6H2,1-2H3. The lowest BCUT2D eigenvalue weighted by Crippen LogP contribution is -2.41. The number of carbonyl (C=O) groups is 3. The van der Waals surface area contributed by atoms with Crippen LogP contribution in [0, 0.1) is 5.92 Å². The Kier molecular flexibility index (Phi) is 5.09. The molecule has 1 aliphatic heterocycles. The van der Waals surface area contributed by atoms with Crippen molar-refractivity contribution in [2.45, 2.75) is 25.9 Å². The second-order valence-electron chi connectivity index (χ2n) is 3.80. The summed E-state index contributed by atoms with van der Waals surface area (Å²) in [6.45, 7) is 2.10. The molecule has 0 radical (unpaired) electrons. The van der Waals surface area contributed by atoms with Gasteiger partial charge < -0.3 is 14.2 Å². The molecule has 96 valence electrons. The van der Waals surface area contributed by atoms with Crippen LogP contribution in [0.4, 0.5) is 0 Å². The summed E-state index contributed by atoms with van der Waals surface area (Å²) in [6, 6.07) is 0. The average Bonchev–Trinajstić information content (AvgIpc) is 2.35. The molecule has 0 aromatic heterocycles. The fourth-order valence-electron chi connectivity index (χ4n) is 1.69. The van der Waals surface area contributed by atoms with Crippen LogP contribution in [-0.2, 0) is 28.6 Å². The molecular weight excluding hydrogens is 228 g/mol. The Labute approximate surface area is 99.2 Å². The molecule has 1 aliphatic rings. The number of methoxy groups -OCH3 is 1. The van der Waals surface area contributed by atoms with Crippen LogP contribution in [0.3, 0.4) is 0 Å². The second kappa shape index (κ2) is 6.34. The van der Waals surface area contributed by atoms with Crippen molar-refractivity contribution in [3.63, 3.8) is 0 Å². The molecule has 6 nitrogen and oxygen atoms in total. The molecule has 1 atom stereocenters. The third kappa shape index (κ3) is 3.81. The molecule has 0 saturated carbocycles. The van der Waals surface area contributed by atoms with E-state index in [1.807, 2.05) is 0 Å². The normalized spacial score (nSPS) is 18.2. The van der Waals surface area contributed by atoms with E-state index < -0.39 is 23.8 Å². The highest BCUT2D eigenvalue weighted by Gasteiger charge is 2.36. The van der Waals surface area contributed by atoms with Crippen molar-refractivity contribution < 1.29 is 28.6 Å². The Morgan fingerprint density at radius 1 is 1.24 bits per heavy atom. The minimum atomic E-state index is -1.44. The summed E-state index contributed by atoms with van der Waals surface area (Å²) >= 11 is 0. The van der Waals surface area contributed by atoms with Gasteiger partial charge in [-0.15, -0.1) is 0 Å². The summed E-state index contributed by atoms with van der Waals surface area (Å²) in [5.74, 6) is -2.24. The van der Waals surface area contributed by atoms with Gasteiger partial charge in [-0.2, -0.15) is 0 Å². The first-order valence-corrected chi connectivity index (χ1v) is 5.42. The summed E-state index contributed by atoms with van der Waals surface area (Å²) < 4.78 is 14.3. The highest BCUT2D eigenvalue weighted by molar-refractivity contribution is 6.04. The molecule has 0 N–H and O–H groups in total. The van der Waals surface area contributed by atoms with E-state index >= 15 is 0 Å². The maximum Gasteiger partial charge on any atom is 0.355 e. The fourth-order valence-corrected chi connectivity index (χ4v) is 1.69. The number of ether oxygens (including phenoxy) is 3.